The first kappa shape index (κ1) is 14.9. The Morgan fingerprint density at radius 2 is 1.92 bits per heavy atom. The maximum absolute atomic E-state index is 10.0. The average Bonchev–Trinajstić information content (AvgIpc) is 1.84. The predicted molar refractivity (Wildman–Crippen MR) is 36.5 cm³/mol. The average molecular weight is 190 g/mol. The summed E-state index contributed by atoms with van der Waals surface area (Å²) in [6.45, 7) is 3.66. The summed E-state index contributed by atoms with van der Waals surface area (Å²) in [5, 5.41) is 0. The van der Waals surface area contributed by atoms with Crippen LogP contribution < -0.4 is 18.9 Å². The first-order chi connectivity index (χ1) is 4.99. The second-order valence-electron chi connectivity index (χ2n) is 1.80. The summed E-state index contributed by atoms with van der Waals surface area (Å²) in [6.07, 6.45) is -0.613. The molecule has 7 heteroatoms. The Hall–Kier alpha value is 0.427. The number of rotatable bonds is 5. The quantitative estimate of drug-likeness (QED) is 0.203. The molecule has 0 aliphatic heterocycles. The predicted octanol–water partition coefficient (Wildman–Crippen LogP) is -2.76. The molecule has 0 aromatic heterocycles. The minimum Gasteiger partial charge on any atom is -0.725 e. The molecular formula is C5H11LiO5S. The molecule has 0 fully saturated rings. The molecule has 0 heterocycles. The summed E-state index contributed by atoms with van der Waals surface area (Å²) in [5.74, 6) is 0. The Balaban J connectivity index is 0. The van der Waals surface area contributed by atoms with Gasteiger partial charge >= 0.3 is 18.9 Å². The monoisotopic (exact) mass is 190 g/mol. The SMILES string of the molecule is CCOC(CC)OS(=O)(=O)[O-].[Li+]. The summed E-state index contributed by atoms with van der Waals surface area (Å²) in [4.78, 5) is 0. The zero-order valence-corrected chi connectivity index (χ0v) is 8.26. The van der Waals surface area contributed by atoms with Crippen molar-refractivity contribution in [2.75, 3.05) is 6.61 Å². The van der Waals surface area contributed by atoms with Gasteiger partial charge in [-0.2, -0.15) is 0 Å². The smallest absolute Gasteiger partial charge is 0.725 e. The Labute approximate surface area is 84.6 Å². The van der Waals surface area contributed by atoms with Gasteiger partial charge in [0, 0.05) is 6.61 Å². The van der Waals surface area contributed by atoms with Crippen molar-refractivity contribution in [1.29, 1.82) is 0 Å². The van der Waals surface area contributed by atoms with Crippen LogP contribution in [0.5, 0.6) is 0 Å². The van der Waals surface area contributed by atoms with E-state index in [-0.39, 0.29) is 18.9 Å². The zero-order valence-electron chi connectivity index (χ0n) is 7.44. The number of hydrogen-bond acceptors (Lipinski definition) is 5. The van der Waals surface area contributed by atoms with E-state index in [0.717, 1.165) is 0 Å². The van der Waals surface area contributed by atoms with Gasteiger partial charge in [0.05, 0.1) is 0 Å². The summed E-state index contributed by atoms with van der Waals surface area (Å²) in [7, 11) is -4.63. The van der Waals surface area contributed by atoms with Crippen molar-refractivity contribution in [2.24, 2.45) is 0 Å². The third kappa shape index (κ3) is 8.52. The fourth-order valence-corrected chi connectivity index (χ4v) is 0.986. The van der Waals surface area contributed by atoms with Gasteiger partial charge in [0.15, 0.2) is 6.29 Å². The molecule has 0 radical (unpaired) electrons. The molecule has 0 saturated heterocycles. The molecule has 1 atom stereocenters. The number of hydrogen-bond donors (Lipinski definition) is 0. The topological polar surface area (TPSA) is 75.7 Å². The molecule has 12 heavy (non-hydrogen) atoms. The van der Waals surface area contributed by atoms with E-state index >= 15 is 0 Å². The van der Waals surface area contributed by atoms with Gasteiger partial charge in [-0.1, -0.05) is 6.92 Å². The van der Waals surface area contributed by atoms with Gasteiger partial charge in [-0.25, -0.2) is 12.6 Å². The van der Waals surface area contributed by atoms with E-state index in [1.165, 1.54) is 0 Å². The third-order valence-corrected chi connectivity index (χ3v) is 1.36. The third-order valence-electron chi connectivity index (χ3n) is 0.911. The van der Waals surface area contributed by atoms with Gasteiger partial charge in [0.25, 0.3) is 0 Å². The van der Waals surface area contributed by atoms with E-state index in [4.69, 9.17) is 4.74 Å². The van der Waals surface area contributed by atoms with Gasteiger partial charge in [0.1, 0.15) is 0 Å². The van der Waals surface area contributed by atoms with E-state index in [0.29, 0.717) is 13.0 Å². The molecule has 0 saturated carbocycles. The van der Waals surface area contributed by atoms with Crippen LogP contribution in [0.3, 0.4) is 0 Å². The molecule has 0 aliphatic carbocycles. The normalized spacial score (nSPS) is 13.6. The van der Waals surface area contributed by atoms with E-state index in [1.807, 2.05) is 0 Å². The van der Waals surface area contributed by atoms with Crippen LogP contribution in [-0.4, -0.2) is 25.9 Å². The van der Waals surface area contributed by atoms with E-state index < -0.39 is 16.7 Å². The van der Waals surface area contributed by atoms with Gasteiger partial charge in [0.2, 0.25) is 10.4 Å². The van der Waals surface area contributed by atoms with E-state index in [9.17, 15) is 13.0 Å². The molecule has 1 unspecified atom stereocenters. The molecule has 0 N–H and O–H groups in total. The molecule has 0 bridgehead atoms. The minimum absolute atomic E-state index is 0. The van der Waals surface area contributed by atoms with Crippen molar-refractivity contribution in [3.63, 3.8) is 0 Å². The fraction of sp³-hybridized carbons (Fsp3) is 1.00. The Morgan fingerprint density at radius 1 is 1.42 bits per heavy atom. The molecule has 0 aromatic rings. The van der Waals surface area contributed by atoms with Gasteiger partial charge in [-0.05, 0) is 13.3 Å². The van der Waals surface area contributed by atoms with Crippen LogP contribution in [0, 0.1) is 0 Å². The van der Waals surface area contributed by atoms with Crippen LogP contribution in [0.2, 0.25) is 0 Å². The minimum atomic E-state index is -4.63. The van der Waals surface area contributed by atoms with Gasteiger partial charge in [-0.15, -0.1) is 0 Å². The summed E-state index contributed by atoms with van der Waals surface area (Å²) >= 11 is 0. The van der Waals surface area contributed by atoms with Crippen LogP contribution in [0.4, 0.5) is 0 Å². The van der Waals surface area contributed by atoms with Crippen molar-refractivity contribution in [1.82, 2.24) is 0 Å². The van der Waals surface area contributed by atoms with Crippen LogP contribution >= 0.6 is 0 Å². The second kappa shape index (κ2) is 6.89. The maximum Gasteiger partial charge on any atom is 1.00 e. The molecule has 0 aliphatic rings. The Bertz CT molecular complexity index is 190. The van der Waals surface area contributed by atoms with Crippen molar-refractivity contribution in [2.45, 2.75) is 26.6 Å². The molecular weight excluding hydrogens is 179 g/mol. The van der Waals surface area contributed by atoms with Crippen LogP contribution in [0.25, 0.3) is 0 Å². The second-order valence-corrected chi connectivity index (χ2v) is 2.81. The summed E-state index contributed by atoms with van der Waals surface area (Å²) in [6, 6.07) is 0. The zero-order chi connectivity index (χ0) is 8.91. The van der Waals surface area contributed by atoms with Gasteiger partial charge in [-0.3, -0.25) is 0 Å². The molecule has 68 valence electrons. The molecule has 0 amide bonds. The maximum atomic E-state index is 10.0. The van der Waals surface area contributed by atoms with Crippen molar-refractivity contribution in [3.8, 4) is 0 Å². The Kier molecular flexibility index (Phi) is 8.57. The molecule has 0 aromatic carbocycles. The molecule has 0 spiro atoms. The van der Waals surface area contributed by atoms with Crippen molar-refractivity contribution >= 4 is 10.4 Å². The fourth-order valence-electron chi connectivity index (χ4n) is 0.531. The van der Waals surface area contributed by atoms with Crippen LogP contribution in [0.15, 0.2) is 0 Å². The molecule has 0 rings (SSSR count). The standard InChI is InChI=1S/C5H12O5S.Li/c1-3-5(9-4-2)10-11(6,7)8;/h5H,3-4H2,1-2H3,(H,6,7,8);/q;+1/p-1. The van der Waals surface area contributed by atoms with Gasteiger partial charge < -0.3 is 9.29 Å². The first-order valence-corrected chi connectivity index (χ1v) is 4.58. The van der Waals surface area contributed by atoms with Crippen LogP contribution in [0.1, 0.15) is 20.3 Å². The summed E-state index contributed by atoms with van der Waals surface area (Å²) < 4.78 is 38.8. The van der Waals surface area contributed by atoms with E-state index in [2.05, 4.69) is 4.18 Å². The summed E-state index contributed by atoms with van der Waals surface area (Å²) in [5.41, 5.74) is 0. The van der Waals surface area contributed by atoms with E-state index in [1.54, 1.807) is 13.8 Å². The number of ether oxygens (including phenoxy) is 1. The van der Waals surface area contributed by atoms with Crippen LogP contribution in [-0.2, 0) is 19.3 Å². The van der Waals surface area contributed by atoms with Crippen molar-refractivity contribution in [3.05, 3.63) is 0 Å². The van der Waals surface area contributed by atoms with Crippen molar-refractivity contribution < 1.29 is 40.8 Å². The molecule has 5 nitrogen and oxygen atoms in total. The first-order valence-electron chi connectivity index (χ1n) is 3.25. The Morgan fingerprint density at radius 3 is 2.17 bits per heavy atom. The largest absolute Gasteiger partial charge is 1.00 e.